The Morgan fingerprint density at radius 2 is 1.44 bits per heavy atom. The molecule has 2 aromatic carbocycles. The quantitative estimate of drug-likeness (QED) is 0.433. The van der Waals surface area contributed by atoms with Gasteiger partial charge in [-0.2, -0.15) is 0 Å². The number of likely N-dealkylation sites (N-methyl/N-ethyl adjacent to an activating group) is 1. The normalized spacial score (nSPS) is 9.12. The van der Waals surface area contributed by atoms with E-state index >= 15 is 0 Å². The highest BCUT2D eigenvalue weighted by molar-refractivity contribution is 5.53. The standard InChI is InChI=1S/C10H16N2O.C6H6N2O2.C2H6/c1-2-12(7-8-13)10-5-3-9(11)4-6-10;7-5-1-3-6(4-2-5)8(9)10;1-2/h3-6,13H,2,7-8,11H2,1H3;1-4H,7H2;1-2H3. The smallest absolute Gasteiger partial charge is 0.269 e. The number of non-ortho nitro benzene ring substituents is 1. The molecule has 25 heavy (non-hydrogen) atoms. The monoisotopic (exact) mass is 348 g/mol. The van der Waals surface area contributed by atoms with Crippen molar-refractivity contribution in [1.82, 2.24) is 0 Å². The first kappa shape index (κ1) is 22.2. The van der Waals surface area contributed by atoms with Crippen LogP contribution in [-0.4, -0.2) is 29.7 Å². The average molecular weight is 348 g/mol. The van der Waals surface area contributed by atoms with E-state index in [1.54, 1.807) is 0 Å². The number of hydrogen-bond acceptors (Lipinski definition) is 6. The fraction of sp³-hybridized carbons (Fsp3) is 0.333. The van der Waals surface area contributed by atoms with Gasteiger partial charge in [-0.3, -0.25) is 10.1 Å². The lowest BCUT2D eigenvalue weighted by Crippen LogP contribution is -2.25. The number of nitro benzene ring substituents is 1. The third-order valence-electron chi connectivity index (χ3n) is 3.11. The Hall–Kier alpha value is -2.80. The molecule has 0 heterocycles. The maximum absolute atomic E-state index is 10.1. The van der Waals surface area contributed by atoms with E-state index in [4.69, 9.17) is 16.6 Å². The first-order valence-electron chi connectivity index (χ1n) is 8.19. The predicted molar refractivity (Wildman–Crippen MR) is 105 cm³/mol. The van der Waals surface area contributed by atoms with Crippen LogP contribution in [-0.2, 0) is 0 Å². The number of aliphatic hydroxyl groups is 1. The van der Waals surface area contributed by atoms with Gasteiger partial charge in [0.05, 0.1) is 11.5 Å². The summed E-state index contributed by atoms with van der Waals surface area (Å²) >= 11 is 0. The van der Waals surface area contributed by atoms with E-state index in [9.17, 15) is 10.1 Å². The second kappa shape index (κ2) is 12.6. The molecule has 0 aliphatic carbocycles. The van der Waals surface area contributed by atoms with E-state index in [-0.39, 0.29) is 12.3 Å². The Morgan fingerprint density at radius 1 is 1.00 bits per heavy atom. The molecule has 0 fully saturated rings. The molecule has 0 amide bonds. The van der Waals surface area contributed by atoms with Crippen molar-refractivity contribution in [2.45, 2.75) is 20.8 Å². The molecule has 0 aliphatic rings. The summed E-state index contributed by atoms with van der Waals surface area (Å²) in [7, 11) is 0. The van der Waals surface area contributed by atoms with Gasteiger partial charge in [0.1, 0.15) is 0 Å². The van der Waals surface area contributed by atoms with Gasteiger partial charge in [0.15, 0.2) is 0 Å². The summed E-state index contributed by atoms with van der Waals surface area (Å²) in [4.78, 5) is 11.7. The fourth-order valence-electron chi connectivity index (χ4n) is 1.87. The van der Waals surface area contributed by atoms with Crippen molar-refractivity contribution >= 4 is 22.7 Å². The summed E-state index contributed by atoms with van der Waals surface area (Å²) in [5, 5.41) is 18.9. The van der Waals surface area contributed by atoms with Gasteiger partial charge in [-0.25, -0.2) is 0 Å². The van der Waals surface area contributed by atoms with E-state index in [0.717, 1.165) is 17.9 Å². The highest BCUT2D eigenvalue weighted by Gasteiger charge is 2.02. The molecule has 7 nitrogen and oxygen atoms in total. The second-order valence-corrected chi connectivity index (χ2v) is 4.74. The zero-order valence-electron chi connectivity index (χ0n) is 15.1. The molecule has 0 unspecified atom stereocenters. The van der Waals surface area contributed by atoms with Crippen molar-refractivity contribution in [2.75, 3.05) is 36.1 Å². The molecule has 0 aliphatic heterocycles. The Balaban J connectivity index is 0.000000430. The molecule has 0 bridgehead atoms. The molecule has 0 saturated carbocycles. The molecule has 0 atom stereocenters. The average Bonchev–Trinajstić information content (AvgIpc) is 2.63. The van der Waals surface area contributed by atoms with Crippen LogP contribution in [0.3, 0.4) is 0 Å². The van der Waals surface area contributed by atoms with Gasteiger partial charge in [0.25, 0.3) is 5.69 Å². The largest absolute Gasteiger partial charge is 0.399 e. The molecular weight excluding hydrogens is 320 g/mol. The zero-order chi connectivity index (χ0) is 19.2. The van der Waals surface area contributed by atoms with Crippen LogP contribution in [0, 0.1) is 10.1 Å². The zero-order valence-corrected chi connectivity index (χ0v) is 15.1. The molecule has 7 heteroatoms. The van der Waals surface area contributed by atoms with Crippen LogP contribution >= 0.6 is 0 Å². The van der Waals surface area contributed by atoms with Crippen molar-refractivity contribution in [3.05, 3.63) is 58.6 Å². The highest BCUT2D eigenvalue weighted by Crippen LogP contribution is 2.15. The van der Waals surface area contributed by atoms with E-state index in [0.29, 0.717) is 12.2 Å². The summed E-state index contributed by atoms with van der Waals surface area (Å²) in [6.45, 7) is 7.80. The van der Waals surface area contributed by atoms with Crippen LogP contribution in [0.5, 0.6) is 0 Å². The van der Waals surface area contributed by atoms with Gasteiger partial charge in [0, 0.05) is 42.3 Å². The molecule has 0 radical (unpaired) electrons. The van der Waals surface area contributed by atoms with Crippen molar-refractivity contribution in [3.8, 4) is 0 Å². The number of hydrogen-bond donors (Lipinski definition) is 3. The number of benzene rings is 2. The maximum Gasteiger partial charge on any atom is 0.269 e. The summed E-state index contributed by atoms with van der Waals surface area (Å²) in [6.07, 6.45) is 0. The molecule has 2 aromatic rings. The predicted octanol–water partition coefficient (Wildman–Crippen LogP) is 3.29. The molecule has 2 rings (SSSR count). The van der Waals surface area contributed by atoms with Gasteiger partial charge in [-0.15, -0.1) is 0 Å². The molecule has 5 N–H and O–H groups in total. The van der Waals surface area contributed by atoms with Crippen LogP contribution in [0.15, 0.2) is 48.5 Å². The third-order valence-corrected chi connectivity index (χ3v) is 3.11. The summed E-state index contributed by atoms with van der Waals surface area (Å²) in [5.74, 6) is 0. The Morgan fingerprint density at radius 3 is 1.80 bits per heavy atom. The number of nitrogen functional groups attached to an aromatic ring is 2. The second-order valence-electron chi connectivity index (χ2n) is 4.74. The van der Waals surface area contributed by atoms with Crippen LogP contribution in [0.25, 0.3) is 0 Å². The van der Waals surface area contributed by atoms with Gasteiger partial charge in [-0.1, -0.05) is 13.8 Å². The number of nitrogens with two attached hydrogens (primary N) is 2. The van der Waals surface area contributed by atoms with Crippen LogP contribution in [0.4, 0.5) is 22.7 Å². The van der Waals surface area contributed by atoms with Crippen molar-refractivity contribution < 1.29 is 10.0 Å². The highest BCUT2D eigenvalue weighted by atomic mass is 16.6. The molecule has 0 aromatic heterocycles. The molecule has 0 spiro atoms. The summed E-state index contributed by atoms with van der Waals surface area (Å²) < 4.78 is 0. The van der Waals surface area contributed by atoms with Crippen LogP contribution in [0.1, 0.15) is 20.8 Å². The number of anilines is 3. The first-order valence-corrected chi connectivity index (χ1v) is 8.19. The number of rotatable bonds is 5. The summed E-state index contributed by atoms with van der Waals surface area (Å²) in [6, 6.07) is 13.4. The van der Waals surface area contributed by atoms with Gasteiger partial charge >= 0.3 is 0 Å². The Kier molecular flexibility index (Phi) is 11.2. The summed E-state index contributed by atoms with van der Waals surface area (Å²) in [5.41, 5.74) is 13.3. The number of nitrogens with zero attached hydrogens (tertiary/aromatic N) is 2. The SMILES string of the molecule is CC.CCN(CCO)c1ccc(N)cc1.Nc1ccc([N+](=O)[O-])cc1. The Labute approximate surface area is 149 Å². The van der Waals surface area contributed by atoms with Gasteiger partial charge in [0.2, 0.25) is 0 Å². The minimum absolute atomic E-state index is 0.0641. The van der Waals surface area contributed by atoms with E-state index in [1.807, 2.05) is 38.1 Å². The number of nitro groups is 1. The minimum atomic E-state index is -0.459. The first-order chi connectivity index (χ1) is 12.0. The van der Waals surface area contributed by atoms with Crippen molar-refractivity contribution in [2.24, 2.45) is 0 Å². The van der Waals surface area contributed by atoms with Crippen LogP contribution in [0.2, 0.25) is 0 Å². The van der Waals surface area contributed by atoms with E-state index < -0.39 is 4.92 Å². The lowest BCUT2D eigenvalue weighted by molar-refractivity contribution is -0.384. The topological polar surface area (TPSA) is 119 Å². The molecule has 0 saturated heterocycles. The minimum Gasteiger partial charge on any atom is -0.399 e. The van der Waals surface area contributed by atoms with Crippen molar-refractivity contribution in [1.29, 1.82) is 0 Å². The maximum atomic E-state index is 10.1. The number of aliphatic hydroxyl groups excluding tert-OH is 1. The van der Waals surface area contributed by atoms with Crippen molar-refractivity contribution in [3.63, 3.8) is 0 Å². The fourth-order valence-corrected chi connectivity index (χ4v) is 1.87. The lowest BCUT2D eigenvalue weighted by atomic mass is 10.2. The van der Waals surface area contributed by atoms with E-state index in [2.05, 4.69) is 11.8 Å². The molecule has 138 valence electrons. The van der Waals surface area contributed by atoms with E-state index in [1.165, 1.54) is 24.3 Å². The van der Waals surface area contributed by atoms with Gasteiger partial charge in [-0.05, 0) is 43.3 Å². The lowest BCUT2D eigenvalue weighted by Gasteiger charge is -2.21. The third kappa shape index (κ3) is 8.57. The van der Waals surface area contributed by atoms with Gasteiger partial charge < -0.3 is 21.5 Å². The molecular formula is C18H28N4O3. The van der Waals surface area contributed by atoms with Crippen LogP contribution < -0.4 is 16.4 Å². The Bertz CT molecular complexity index is 601.